The minimum Gasteiger partial charge on any atom is -0.366 e. The molecule has 20 heavy (non-hydrogen) atoms. The maximum absolute atomic E-state index is 12.2. The number of hydrazine groups is 1. The van der Waals surface area contributed by atoms with E-state index >= 15 is 0 Å². The molecule has 1 aromatic rings. The summed E-state index contributed by atoms with van der Waals surface area (Å²) in [6, 6.07) is 7.06. The smallest absolute Gasteiger partial charge is 0.265 e. The van der Waals surface area contributed by atoms with Crippen LogP contribution in [-0.4, -0.2) is 28.9 Å². The molecule has 2 rings (SSSR count). The SMILES string of the molecule is CC1CCCC(C)N1NC(=O)c1ccc(C(N)=O)cc1. The summed E-state index contributed by atoms with van der Waals surface area (Å²) >= 11 is 0. The Bertz CT molecular complexity index is 488. The van der Waals surface area contributed by atoms with Gasteiger partial charge in [-0.3, -0.25) is 15.0 Å². The summed E-state index contributed by atoms with van der Waals surface area (Å²) in [4.78, 5) is 23.2. The maximum atomic E-state index is 12.2. The molecule has 1 heterocycles. The molecule has 3 N–H and O–H groups in total. The molecule has 108 valence electrons. The van der Waals surface area contributed by atoms with Gasteiger partial charge < -0.3 is 5.73 Å². The van der Waals surface area contributed by atoms with E-state index in [0.29, 0.717) is 23.2 Å². The van der Waals surface area contributed by atoms with E-state index in [1.54, 1.807) is 24.3 Å². The van der Waals surface area contributed by atoms with Crippen LogP contribution in [0.3, 0.4) is 0 Å². The first kappa shape index (κ1) is 14.5. The van der Waals surface area contributed by atoms with Crippen molar-refractivity contribution in [2.45, 2.75) is 45.2 Å². The molecular formula is C15H21N3O2. The monoisotopic (exact) mass is 275 g/mol. The standard InChI is InChI=1S/C15H21N3O2/c1-10-4-3-5-11(2)18(10)17-15(20)13-8-6-12(7-9-13)14(16)19/h6-11H,3-5H2,1-2H3,(H2,16,19)(H,17,20). The predicted molar refractivity (Wildman–Crippen MR) is 77.0 cm³/mol. The minimum absolute atomic E-state index is 0.151. The van der Waals surface area contributed by atoms with Crippen LogP contribution in [0.4, 0.5) is 0 Å². The van der Waals surface area contributed by atoms with Crippen LogP contribution in [0, 0.1) is 0 Å². The molecule has 0 aliphatic carbocycles. The van der Waals surface area contributed by atoms with Gasteiger partial charge in [0.2, 0.25) is 5.91 Å². The molecule has 1 aromatic carbocycles. The molecule has 1 fully saturated rings. The second-order valence-corrected chi connectivity index (χ2v) is 5.42. The lowest BCUT2D eigenvalue weighted by Gasteiger charge is -2.38. The number of amides is 2. The summed E-state index contributed by atoms with van der Waals surface area (Å²) in [6.45, 7) is 4.23. The largest absolute Gasteiger partial charge is 0.366 e. The number of benzene rings is 1. The van der Waals surface area contributed by atoms with Gasteiger partial charge in [-0.1, -0.05) is 6.42 Å². The average molecular weight is 275 g/mol. The summed E-state index contributed by atoms with van der Waals surface area (Å²) < 4.78 is 0. The Hall–Kier alpha value is -1.88. The summed E-state index contributed by atoms with van der Waals surface area (Å²) in [7, 11) is 0. The van der Waals surface area contributed by atoms with Crippen LogP contribution in [0.15, 0.2) is 24.3 Å². The normalized spacial score (nSPS) is 23.3. The number of nitrogens with one attached hydrogen (secondary N) is 1. The molecule has 2 unspecified atom stereocenters. The number of nitrogens with two attached hydrogens (primary N) is 1. The van der Waals surface area contributed by atoms with Crippen molar-refractivity contribution < 1.29 is 9.59 Å². The first-order chi connectivity index (χ1) is 9.49. The quantitative estimate of drug-likeness (QED) is 0.881. The third-order valence-electron chi connectivity index (χ3n) is 3.86. The number of piperidine rings is 1. The van der Waals surface area contributed by atoms with Gasteiger partial charge in [0.25, 0.3) is 5.91 Å². The highest BCUT2D eigenvalue weighted by Gasteiger charge is 2.26. The molecule has 0 bridgehead atoms. The van der Waals surface area contributed by atoms with E-state index in [1.807, 2.05) is 5.01 Å². The Balaban J connectivity index is 2.05. The Labute approximate surface area is 119 Å². The maximum Gasteiger partial charge on any atom is 0.265 e. The number of primary amides is 1. The Morgan fingerprint density at radius 2 is 1.60 bits per heavy atom. The van der Waals surface area contributed by atoms with E-state index in [4.69, 9.17) is 5.73 Å². The lowest BCUT2D eigenvalue weighted by molar-refractivity contribution is 0.0369. The molecular weight excluding hydrogens is 254 g/mol. The van der Waals surface area contributed by atoms with Crippen molar-refractivity contribution in [2.24, 2.45) is 5.73 Å². The molecule has 5 heteroatoms. The van der Waals surface area contributed by atoms with Gasteiger partial charge in [0.1, 0.15) is 0 Å². The summed E-state index contributed by atoms with van der Waals surface area (Å²) in [5, 5.41) is 2.02. The summed E-state index contributed by atoms with van der Waals surface area (Å²) in [5.74, 6) is -0.642. The van der Waals surface area contributed by atoms with Gasteiger partial charge in [-0.25, -0.2) is 5.01 Å². The van der Waals surface area contributed by atoms with Crippen molar-refractivity contribution in [3.8, 4) is 0 Å². The molecule has 0 saturated carbocycles. The predicted octanol–water partition coefficient (Wildman–Crippen LogP) is 1.69. The Kier molecular flexibility index (Phi) is 4.39. The third-order valence-corrected chi connectivity index (χ3v) is 3.86. The van der Waals surface area contributed by atoms with Crippen LogP contribution in [0.2, 0.25) is 0 Å². The van der Waals surface area contributed by atoms with Crippen molar-refractivity contribution in [3.05, 3.63) is 35.4 Å². The molecule has 0 aromatic heterocycles. The van der Waals surface area contributed by atoms with Crippen LogP contribution >= 0.6 is 0 Å². The summed E-state index contributed by atoms with van der Waals surface area (Å²) in [6.07, 6.45) is 3.37. The van der Waals surface area contributed by atoms with Crippen molar-refractivity contribution >= 4 is 11.8 Å². The zero-order valence-corrected chi connectivity index (χ0v) is 11.9. The molecule has 0 radical (unpaired) electrons. The van der Waals surface area contributed by atoms with Crippen molar-refractivity contribution in [1.82, 2.24) is 10.4 Å². The fourth-order valence-electron chi connectivity index (χ4n) is 2.61. The van der Waals surface area contributed by atoms with E-state index < -0.39 is 5.91 Å². The minimum atomic E-state index is -0.491. The zero-order chi connectivity index (χ0) is 14.7. The van der Waals surface area contributed by atoms with Gasteiger partial charge in [-0.15, -0.1) is 0 Å². The van der Waals surface area contributed by atoms with E-state index in [1.165, 1.54) is 6.42 Å². The van der Waals surface area contributed by atoms with E-state index in [0.717, 1.165) is 12.8 Å². The summed E-state index contributed by atoms with van der Waals surface area (Å²) in [5.41, 5.74) is 9.07. The molecule has 5 nitrogen and oxygen atoms in total. The van der Waals surface area contributed by atoms with E-state index in [-0.39, 0.29) is 5.91 Å². The van der Waals surface area contributed by atoms with Crippen molar-refractivity contribution in [3.63, 3.8) is 0 Å². The Morgan fingerprint density at radius 1 is 1.10 bits per heavy atom. The topological polar surface area (TPSA) is 75.4 Å². The number of nitrogens with zero attached hydrogens (tertiary/aromatic N) is 1. The van der Waals surface area contributed by atoms with Crippen LogP contribution < -0.4 is 11.2 Å². The van der Waals surface area contributed by atoms with Gasteiger partial charge in [0.15, 0.2) is 0 Å². The molecule has 1 aliphatic rings. The molecule has 2 amide bonds. The fourth-order valence-corrected chi connectivity index (χ4v) is 2.61. The fraction of sp³-hybridized carbons (Fsp3) is 0.467. The van der Waals surface area contributed by atoms with Gasteiger partial charge >= 0.3 is 0 Å². The second kappa shape index (κ2) is 6.05. The van der Waals surface area contributed by atoms with Crippen LogP contribution in [0.5, 0.6) is 0 Å². The number of carbonyl (C=O) groups excluding carboxylic acids is 2. The van der Waals surface area contributed by atoms with Gasteiger partial charge in [0, 0.05) is 23.2 Å². The van der Waals surface area contributed by atoms with Crippen molar-refractivity contribution in [1.29, 1.82) is 0 Å². The molecule has 2 atom stereocenters. The van der Waals surface area contributed by atoms with Crippen LogP contribution in [-0.2, 0) is 0 Å². The first-order valence-corrected chi connectivity index (χ1v) is 6.98. The van der Waals surface area contributed by atoms with E-state index in [9.17, 15) is 9.59 Å². The first-order valence-electron chi connectivity index (χ1n) is 6.98. The van der Waals surface area contributed by atoms with Crippen LogP contribution in [0.25, 0.3) is 0 Å². The number of hydrogen-bond acceptors (Lipinski definition) is 3. The van der Waals surface area contributed by atoms with Crippen LogP contribution in [0.1, 0.15) is 53.8 Å². The highest BCUT2D eigenvalue weighted by molar-refractivity contribution is 5.97. The zero-order valence-electron chi connectivity index (χ0n) is 11.9. The molecule has 0 spiro atoms. The second-order valence-electron chi connectivity index (χ2n) is 5.42. The average Bonchev–Trinajstić information content (AvgIpc) is 2.43. The molecule has 1 aliphatic heterocycles. The number of rotatable bonds is 3. The number of carbonyl (C=O) groups is 2. The van der Waals surface area contributed by atoms with Gasteiger partial charge in [-0.05, 0) is 51.0 Å². The lowest BCUT2D eigenvalue weighted by atomic mass is 10.00. The highest BCUT2D eigenvalue weighted by atomic mass is 16.2. The van der Waals surface area contributed by atoms with Gasteiger partial charge in [-0.2, -0.15) is 0 Å². The third kappa shape index (κ3) is 3.17. The Morgan fingerprint density at radius 3 is 2.10 bits per heavy atom. The number of hydrogen-bond donors (Lipinski definition) is 2. The van der Waals surface area contributed by atoms with Gasteiger partial charge in [0.05, 0.1) is 0 Å². The highest BCUT2D eigenvalue weighted by Crippen LogP contribution is 2.20. The van der Waals surface area contributed by atoms with Crippen molar-refractivity contribution in [2.75, 3.05) is 0 Å². The lowest BCUT2D eigenvalue weighted by Crippen LogP contribution is -2.54. The molecule has 1 saturated heterocycles. The van der Waals surface area contributed by atoms with E-state index in [2.05, 4.69) is 19.3 Å².